The molecule has 4 heteroatoms. The average Bonchev–Trinajstić information content (AvgIpc) is 2.26. The van der Waals surface area contributed by atoms with Crippen LogP contribution in [0.15, 0.2) is 30.4 Å². The van der Waals surface area contributed by atoms with Crippen molar-refractivity contribution in [1.29, 1.82) is 0 Å². The van der Waals surface area contributed by atoms with E-state index in [1.165, 1.54) is 5.56 Å². The van der Waals surface area contributed by atoms with Gasteiger partial charge < -0.3 is 0 Å². The molecular formula is C14H19NO2S. The number of aryl methyl sites for hydroxylation is 2. The van der Waals surface area contributed by atoms with Crippen LogP contribution in [0.25, 0.3) is 0 Å². The highest BCUT2D eigenvalue weighted by molar-refractivity contribution is 7.93. The van der Waals surface area contributed by atoms with Crippen LogP contribution < -0.4 is 4.31 Å². The number of benzene rings is 1. The van der Waals surface area contributed by atoms with Crippen molar-refractivity contribution in [3.05, 3.63) is 41.5 Å². The Hall–Kier alpha value is -1.29. The summed E-state index contributed by atoms with van der Waals surface area (Å²) in [6.07, 6.45) is 1.84. The van der Waals surface area contributed by atoms with E-state index in [4.69, 9.17) is 0 Å². The molecule has 1 aromatic carbocycles. The summed E-state index contributed by atoms with van der Waals surface area (Å²) in [7, 11) is -3.28. The number of fused-ring (bicyclic) bond motifs is 1. The molecule has 3 nitrogen and oxygen atoms in total. The third-order valence-corrected chi connectivity index (χ3v) is 4.98. The van der Waals surface area contributed by atoms with Gasteiger partial charge in [0.2, 0.25) is 10.0 Å². The number of hydrogen-bond acceptors (Lipinski definition) is 2. The van der Waals surface area contributed by atoms with Crippen LogP contribution in [0.1, 0.15) is 24.5 Å². The highest BCUT2D eigenvalue weighted by Gasteiger charge is 2.27. The summed E-state index contributed by atoms with van der Waals surface area (Å²) in [5.74, 6) is 0.0281. The molecule has 0 N–H and O–H groups in total. The van der Waals surface area contributed by atoms with Gasteiger partial charge in [-0.1, -0.05) is 29.8 Å². The molecule has 98 valence electrons. The van der Waals surface area contributed by atoms with Gasteiger partial charge in [0.1, 0.15) is 0 Å². The Morgan fingerprint density at radius 3 is 2.83 bits per heavy atom. The molecule has 0 radical (unpaired) electrons. The number of rotatable bonds is 3. The molecule has 0 atom stereocenters. The minimum absolute atomic E-state index is 0.0281. The van der Waals surface area contributed by atoms with E-state index in [0.717, 1.165) is 24.1 Å². The fourth-order valence-electron chi connectivity index (χ4n) is 2.37. The van der Waals surface area contributed by atoms with Crippen LogP contribution in [-0.4, -0.2) is 20.7 Å². The van der Waals surface area contributed by atoms with Gasteiger partial charge in [-0.3, -0.25) is 4.31 Å². The Balaban J connectivity index is 2.42. The molecule has 0 bridgehead atoms. The fourth-order valence-corrected chi connectivity index (χ4v) is 4.03. The molecule has 18 heavy (non-hydrogen) atoms. The summed E-state index contributed by atoms with van der Waals surface area (Å²) in [4.78, 5) is 0. The van der Waals surface area contributed by atoms with Gasteiger partial charge in [-0.25, -0.2) is 8.42 Å². The number of nitrogens with zero attached hydrogens (tertiary/aromatic N) is 1. The molecule has 0 unspecified atom stereocenters. The van der Waals surface area contributed by atoms with E-state index in [1.54, 1.807) is 11.2 Å². The van der Waals surface area contributed by atoms with Gasteiger partial charge in [0.15, 0.2) is 0 Å². The molecule has 0 aliphatic carbocycles. The van der Waals surface area contributed by atoms with E-state index in [-0.39, 0.29) is 5.75 Å². The summed E-state index contributed by atoms with van der Waals surface area (Å²) >= 11 is 0. The normalized spacial score (nSPS) is 15.3. The molecule has 1 heterocycles. The van der Waals surface area contributed by atoms with Gasteiger partial charge in [-0.15, -0.1) is 0 Å². The van der Waals surface area contributed by atoms with Crippen molar-refractivity contribution in [2.75, 3.05) is 16.6 Å². The Morgan fingerprint density at radius 1 is 1.44 bits per heavy atom. The van der Waals surface area contributed by atoms with Gasteiger partial charge in [0, 0.05) is 6.54 Å². The highest BCUT2D eigenvalue weighted by atomic mass is 32.2. The summed E-state index contributed by atoms with van der Waals surface area (Å²) in [6.45, 7) is 8.05. The Kier molecular flexibility index (Phi) is 3.48. The molecule has 0 spiro atoms. The maximum absolute atomic E-state index is 12.3. The Bertz CT molecular complexity index is 575. The first kappa shape index (κ1) is 13.1. The van der Waals surface area contributed by atoms with Gasteiger partial charge in [0.05, 0.1) is 11.4 Å². The second kappa shape index (κ2) is 4.76. The van der Waals surface area contributed by atoms with Crippen LogP contribution in [0.5, 0.6) is 0 Å². The van der Waals surface area contributed by atoms with E-state index in [2.05, 4.69) is 12.6 Å². The lowest BCUT2D eigenvalue weighted by atomic mass is 10.0. The predicted molar refractivity (Wildman–Crippen MR) is 75.4 cm³/mol. The van der Waals surface area contributed by atoms with Crippen LogP contribution in [-0.2, 0) is 16.4 Å². The van der Waals surface area contributed by atoms with E-state index in [1.807, 2.05) is 19.1 Å². The Morgan fingerprint density at radius 2 is 2.17 bits per heavy atom. The van der Waals surface area contributed by atoms with E-state index in [0.29, 0.717) is 12.1 Å². The number of sulfonamides is 1. The average molecular weight is 265 g/mol. The topological polar surface area (TPSA) is 37.4 Å². The molecule has 1 aromatic rings. The highest BCUT2D eigenvalue weighted by Crippen LogP contribution is 2.30. The van der Waals surface area contributed by atoms with Crippen molar-refractivity contribution in [2.24, 2.45) is 0 Å². The summed E-state index contributed by atoms with van der Waals surface area (Å²) < 4.78 is 26.2. The lowest BCUT2D eigenvalue weighted by Gasteiger charge is -2.30. The maximum atomic E-state index is 12.3. The molecule has 0 saturated heterocycles. The van der Waals surface area contributed by atoms with Gasteiger partial charge >= 0.3 is 0 Å². The lowest BCUT2D eigenvalue weighted by Crippen LogP contribution is -2.37. The third kappa shape index (κ3) is 2.58. The van der Waals surface area contributed by atoms with Gasteiger partial charge in [-0.05, 0) is 38.3 Å². The molecule has 1 aliphatic heterocycles. The van der Waals surface area contributed by atoms with Crippen molar-refractivity contribution < 1.29 is 8.42 Å². The van der Waals surface area contributed by atoms with Crippen molar-refractivity contribution in [1.82, 2.24) is 0 Å². The zero-order chi connectivity index (χ0) is 13.3. The van der Waals surface area contributed by atoms with Gasteiger partial charge in [-0.2, -0.15) is 0 Å². The smallest absolute Gasteiger partial charge is 0.238 e. The van der Waals surface area contributed by atoms with Crippen molar-refractivity contribution in [2.45, 2.75) is 26.7 Å². The second-order valence-corrected chi connectivity index (χ2v) is 6.91. The lowest BCUT2D eigenvalue weighted by molar-refractivity contribution is 0.588. The van der Waals surface area contributed by atoms with E-state index >= 15 is 0 Å². The number of anilines is 1. The molecular weight excluding hydrogens is 246 g/mol. The molecule has 0 aromatic heterocycles. The first-order chi connectivity index (χ1) is 8.40. The first-order valence-corrected chi connectivity index (χ1v) is 7.75. The molecule has 0 saturated carbocycles. The predicted octanol–water partition coefficient (Wildman–Crippen LogP) is 2.65. The maximum Gasteiger partial charge on any atom is 0.238 e. The van der Waals surface area contributed by atoms with Gasteiger partial charge in [0.25, 0.3) is 0 Å². The SMILES string of the molecule is C=C(C)CS(=O)(=O)N1CCCc2cc(C)ccc21. The van der Waals surface area contributed by atoms with E-state index < -0.39 is 10.0 Å². The molecule has 1 aliphatic rings. The van der Waals surface area contributed by atoms with Crippen LogP contribution in [0.4, 0.5) is 5.69 Å². The van der Waals surface area contributed by atoms with Crippen molar-refractivity contribution in [3.63, 3.8) is 0 Å². The zero-order valence-corrected chi connectivity index (χ0v) is 11.8. The summed E-state index contributed by atoms with van der Waals surface area (Å²) in [6, 6.07) is 5.96. The number of hydrogen-bond donors (Lipinski definition) is 0. The fraction of sp³-hybridized carbons (Fsp3) is 0.429. The first-order valence-electron chi connectivity index (χ1n) is 6.14. The van der Waals surface area contributed by atoms with Crippen LogP contribution in [0.2, 0.25) is 0 Å². The molecule has 0 fully saturated rings. The Labute approximate surface area is 109 Å². The molecule has 2 rings (SSSR count). The quantitative estimate of drug-likeness (QED) is 0.788. The summed E-state index contributed by atoms with van der Waals surface area (Å²) in [5.41, 5.74) is 3.82. The monoisotopic (exact) mass is 265 g/mol. The minimum atomic E-state index is -3.28. The standard InChI is InChI=1S/C14H19NO2S/c1-11(2)10-18(16,17)15-8-4-5-13-9-12(3)6-7-14(13)15/h6-7,9H,1,4-5,8,10H2,2-3H3. The molecule has 0 amide bonds. The largest absolute Gasteiger partial charge is 0.270 e. The van der Waals surface area contributed by atoms with Crippen molar-refractivity contribution in [3.8, 4) is 0 Å². The van der Waals surface area contributed by atoms with Crippen LogP contribution in [0.3, 0.4) is 0 Å². The minimum Gasteiger partial charge on any atom is -0.270 e. The van der Waals surface area contributed by atoms with Crippen LogP contribution >= 0.6 is 0 Å². The third-order valence-electron chi connectivity index (χ3n) is 3.08. The van der Waals surface area contributed by atoms with Crippen LogP contribution in [0, 0.1) is 6.92 Å². The second-order valence-electron chi connectivity index (χ2n) is 5.02. The summed E-state index contributed by atoms with van der Waals surface area (Å²) in [5, 5.41) is 0. The van der Waals surface area contributed by atoms with E-state index in [9.17, 15) is 8.42 Å². The van der Waals surface area contributed by atoms with Crippen molar-refractivity contribution >= 4 is 15.7 Å². The zero-order valence-electron chi connectivity index (χ0n) is 10.9.